The Morgan fingerprint density at radius 3 is 2.31 bits per heavy atom. The van der Waals surface area contributed by atoms with E-state index < -0.39 is 0 Å². The van der Waals surface area contributed by atoms with Crippen molar-refractivity contribution in [3.8, 4) is 6.07 Å². The first-order valence-electron chi connectivity index (χ1n) is 4.30. The number of benzene rings is 1. The largest absolute Gasteiger partial charge is 0.293 e. The van der Waals surface area contributed by atoms with Crippen molar-refractivity contribution in [1.82, 2.24) is 0 Å². The Kier molecular flexibility index (Phi) is 6.17. The smallest absolute Gasteiger partial charge is 0.176 e. The summed E-state index contributed by atoms with van der Waals surface area (Å²) in [5.41, 5.74) is 0.606. The van der Waals surface area contributed by atoms with Crippen LogP contribution in [0.5, 0.6) is 0 Å². The van der Waals surface area contributed by atoms with E-state index >= 15 is 0 Å². The minimum Gasteiger partial charge on any atom is -0.293 e. The van der Waals surface area contributed by atoms with Crippen LogP contribution in [0, 0.1) is 11.3 Å². The number of nitrogens with zero attached hydrogens (tertiary/aromatic N) is 1. The number of carbonyl (C=O) groups is 1. The SMILES string of the molecule is CC.N#CCC(=O)c1ccccc1. The van der Waals surface area contributed by atoms with Gasteiger partial charge in [-0.3, -0.25) is 4.79 Å². The highest BCUT2D eigenvalue weighted by molar-refractivity contribution is 5.97. The van der Waals surface area contributed by atoms with Gasteiger partial charge in [0.2, 0.25) is 0 Å². The summed E-state index contributed by atoms with van der Waals surface area (Å²) >= 11 is 0. The zero-order valence-electron chi connectivity index (χ0n) is 7.95. The van der Waals surface area contributed by atoms with E-state index in [1.807, 2.05) is 26.0 Å². The normalized spacial score (nSPS) is 7.77. The van der Waals surface area contributed by atoms with Gasteiger partial charge in [0.1, 0.15) is 0 Å². The van der Waals surface area contributed by atoms with Gasteiger partial charge in [0.25, 0.3) is 0 Å². The van der Waals surface area contributed by atoms with Crippen LogP contribution in [-0.2, 0) is 0 Å². The second-order valence-corrected chi connectivity index (χ2v) is 2.12. The lowest BCUT2D eigenvalue weighted by Gasteiger charge is -1.92. The molecule has 0 unspecified atom stereocenters. The van der Waals surface area contributed by atoms with E-state index in [2.05, 4.69) is 0 Å². The molecule has 2 heteroatoms. The zero-order valence-corrected chi connectivity index (χ0v) is 7.95. The van der Waals surface area contributed by atoms with E-state index in [0.717, 1.165) is 0 Å². The van der Waals surface area contributed by atoms with Crippen molar-refractivity contribution < 1.29 is 4.79 Å². The lowest BCUT2D eigenvalue weighted by molar-refractivity contribution is 0.0998. The highest BCUT2D eigenvalue weighted by atomic mass is 16.1. The average molecular weight is 175 g/mol. The van der Waals surface area contributed by atoms with E-state index in [-0.39, 0.29) is 12.2 Å². The van der Waals surface area contributed by atoms with Gasteiger partial charge in [0, 0.05) is 5.56 Å². The molecule has 2 nitrogen and oxygen atoms in total. The molecule has 0 bridgehead atoms. The number of hydrogen-bond acceptors (Lipinski definition) is 2. The highest BCUT2D eigenvalue weighted by Crippen LogP contribution is 2.01. The molecule has 0 spiro atoms. The summed E-state index contributed by atoms with van der Waals surface area (Å²) in [6.45, 7) is 4.00. The van der Waals surface area contributed by atoms with Crippen LogP contribution in [0.2, 0.25) is 0 Å². The third-order valence-electron chi connectivity index (χ3n) is 1.34. The summed E-state index contributed by atoms with van der Waals surface area (Å²) in [4.78, 5) is 11.0. The summed E-state index contributed by atoms with van der Waals surface area (Å²) in [6.07, 6.45) is -0.0377. The molecule has 1 aromatic carbocycles. The van der Waals surface area contributed by atoms with Gasteiger partial charge in [-0.05, 0) is 0 Å². The third-order valence-corrected chi connectivity index (χ3v) is 1.34. The molecule has 1 aromatic rings. The number of Topliss-reactive ketones (excluding diaryl/α,β-unsaturated/α-hetero) is 1. The Morgan fingerprint density at radius 2 is 1.85 bits per heavy atom. The maximum atomic E-state index is 11.0. The van der Waals surface area contributed by atoms with Gasteiger partial charge in [0.15, 0.2) is 5.78 Å². The second-order valence-electron chi connectivity index (χ2n) is 2.12. The molecule has 1 rings (SSSR count). The van der Waals surface area contributed by atoms with E-state index in [4.69, 9.17) is 5.26 Å². The lowest BCUT2D eigenvalue weighted by atomic mass is 10.1. The van der Waals surface area contributed by atoms with Crippen LogP contribution in [0.25, 0.3) is 0 Å². The highest BCUT2D eigenvalue weighted by Gasteiger charge is 2.01. The van der Waals surface area contributed by atoms with Gasteiger partial charge < -0.3 is 0 Å². The molecule has 0 atom stereocenters. The summed E-state index contributed by atoms with van der Waals surface area (Å²) < 4.78 is 0. The summed E-state index contributed by atoms with van der Waals surface area (Å²) in [6, 6.07) is 10.6. The molecule has 0 aliphatic rings. The number of carbonyl (C=O) groups excluding carboxylic acids is 1. The Morgan fingerprint density at radius 1 is 1.31 bits per heavy atom. The monoisotopic (exact) mass is 175 g/mol. The van der Waals surface area contributed by atoms with Crippen LogP contribution >= 0.6 is 0 Å². The topological polar surface area (TPSA) is 40.9 Å². The molecule has 68 valence electrons. The minimum absolute atomic E-state index is 0.0377. The number of hydrogen-bond donors (Lipinski definition) is 0. The molecule has 0 fully saturated rings. The minimum atomic E-state index is -0.117. The standard InChI is InChI=1S/C9H7NO.C2H6/c10-7-6-9(11)8-4-2-1-3-5-8;1-2/h1-5H,6H2;1-2H3. The van der Waals surface area contributed by atoms with Crippen LogP contribution in [0.1, 0.15) is 30.6 Å². The van der Waals surface area contributed by atoms with Crippen molar-refractivity contribution in [2.24, 2.45) is 0 Å². The molecule has 0 aliphatic carbocycles. The van der Waals surface area contributed by atoms with E-state index in [9.17, 15) is 4.79 Å². The number of nitriles is 1. The molecule has 0 N–H and O–H groups in total. The molecule has 0 saturated heterocycles. The van der Waals surface area contributed by atoms with Crippen LogP contribution in [0.4, 0.5) is 0 Å². The van der Waals surface area contributed by atoms with Gasteiger partial charge in [-0.15, -0.1) is 0 Å². The first kappa shape index (κ1) is 11.4. The second kappa shape index (κ2) is 7.05. The fourth-order valence-electron chi connectivity index (χ4n) is 0.798. The van der Waals surface area contributed by atoms with E-state index in [0.29, 0.717) is 5.56 Å². The first-order valence-corrected chi connectivity index (χ1v) is 4.30. The predicted octanol–water partition coefficient (Wildman–Crippen LogP) is 2.81. The molecule has 0 aromatic heterocycles. The lowest BCUT2D eigenvalue weighted by Crippen LogP contribution is -1.95. The van der Waals surface area contributed by atoms with Crippen molar-refractivity contribution in [1.29, 1.82) is 5.26 Å². The van der Waals surface area contributed by atoms with Gasteiger partial charge in [-0.1, -0.05) is 44.2 Å². The van der Waals surface area contributed by atoms with Gasteiger partial charge in [0.05, 0.1) is 12.5 Å². The Bertz CT molecular complexity index is 285. The maximum absolute atomic E-state index is 11.0. The van der Waals surface area contributed by atoms with Crippen LogP contribution in [0.15, 0.2) is 30.3 Å². The van der Waals surface area contributed by atoms with Crippen molar-refractivity contribution >= 4 is 5.78 Å². The van der Waals surface area contributed by atoms with Crippen LogP contribution in [0.3, 0.4) is 0 Å². The van der Waals surface area contributed by atoms with Crippen LogP contribution < -0.4 is 0 Å². The number of ketones is 1. The maximum Gasteiger partial charge on any atom is 0.176 e. The number of rotatable bonds is 2. The molecular formula is C11H13NO. The average Bonchev–Trinajstić information content (AvgIpc) is 2.23. The fourth-order valence-corrected chi connectivity index (χ4v) is 0.798. The van der Waals surface area contributed by atoms with Crippen molar-refractivity contribution in [2.75, 3.05) is 0 Å². The fraction of sp³-hybridized carbons (Fsp3) is 0.273. The summed E-state index contributed by atoms with van der Waals surface area (Å²) in [5.74, 6) is -0.117. The van der Waals surface area contributed by atoms with Gasteiger partial charge in [-0.2, -0.15) is 5.26 Å². The molecule has 0 heterocycles. The van der Waals surface area contributed by atoms with E-state index in [1.165, 1.54) is 0 Å². The van der Waals surface area contributed by atoms with Crippen molar-refractivity contribution in [3.05, 3.63) is 35.9 Å². The Labute approximate surface area is 78.8 Å². The molecular weight excluding hydrogens is 162 g/mol. The van der Waals surface area contributed by atoms with E-state index in [1.54, 1.807) is 24.3 Å². The predicted molar refractivity (Wildman–Crippen MR) is 52.4 cm³/mol. The molecule has 0 amide bonds. The summed E-state index contributed by atoms with van der Waals surface area (Å²) in [5, 5.41) is 8.23. The van der Waals surface area contributed by atoms with Gasteiger partial charge >= 0.3 is 0 Å². The Hall–Kier alpha value is -1.62. The molecule has 13 heavy (non-hydrogen) atoms. The molecule has 0 radical (unpaired) electrons. The van der Waals surface area contributed by atoms with Gasteiger partial charge in [-0.25, -0.2) is 0 Å². The summed E-state index contributed by atoms with van der Waals surface area (Å²) in [7, 11) is 0. The van der Waals surface area contributed by atoms with Crippen molar-refractivity contribution in [3.63, 3.8) is 0 Å². The Balaban J connectivity index is 0.000000671. The molecule has 0 aliphatic heterocycles. The quantitative estimate of drug-likeness (QED) is 0.648. The third kappa shape index (κ3) is 4.07. The molecule has 0 saturated carbocycles. The van der Waals surface area contributed by atoms with Crippen LogP contribution in [-0.4, -0.2) is 5.78 Å². The zero-order chi connectivity index (χ0) is 10.1. The van der Waals surface area contributed by atoms with Crippen molar-refractivity contribution in [2.45, 2.75) is 20.3 Å². The first-order chi connectivity index (χ1) is 6.34.